The molecule has 0 atom stereocenters. The second-order valence-corrected chi connectivity index (χ2v) is 8.43. The molecule has 28 heavy (non-hydrogen) atoms. The van der Waals surface area contributed by atoms with Crippen LogP contribution in [0.15, 0.2) is 35.3 Å². The van der Waals surface area contributed by atoms with Crippen LogP contribution in [0.1, 0.15) is 4.88 Å². The van der Waals surface area contributed by atoms with Gasteiger partial charge in [0.25, 0.3) is 5.91 Å². The average molecular weight is 458 g/mol. The highest BCUT2D eigenvalue weighted by Crippen LogP contribution is 2.29. The average Bonchev–Trinajstić information content (AvgIpc) is 3.23. The molecule has 0 aliphatic heterocycles. The van der Waals surface area contributed by atoms with Crippen molar-refractivity contribution < 1.29 is 14.5 Å². The third-order valence-electron chi connectivity index (χ3n) is 3.60. The number of ether oxygens (including phenoxy) is 1. The lowest BCUT2D eigenvalue weighted by molar-refractivity contribution is -0.380. The number of amides is 1. The molecule has 0 aliphatic carbocycles. The lowest BCUT2D eigenvalue weighted by Gasteiger charge is -2.05. The topological polar surface area (TPSA) is 86.7 Å². The summed E-state index contributed by atoms with van der Waals surface area (Å²) in [5.74, 6) is -0.490. The van der Waals surface area contributed by atoms with E-state index >= 15 is 0 Å². The zero-order valence-electron chi connectivity index (χ0n) is 14.4. The van der Waals surface area contributed by atoms with E-state index in [1.54, 1.807) is 25.3 Å². The molecule has 0 bridgehead atoms. The van der Waals surface area contributed by atoms with E-state index in [1.807, 2.05) is 4.57 Å². The predicted octanol–water partition coefficient (Wildman–Crippen LogP) is 4.77. The van der Waals surface area contributed by atoms with Gasteiger partial charge in [-0.1, -0.05) is 45.9 Å². The number of rotatable bonds is 6. The Bertz CT molecular complexity index is 1150. The van der Waals surface area contributed by atoms with Crippen LogP contribution in [0.25, 0.3) is 16.3 Å². The van der Waals surface area contributed by atoms with Gasteiger partial charge in [0, 0.05) is 35.7 Å². The second-order valence-electron chi connectivity index (χ2n) is 5.48. The molecule has 0 unspecified atom stereocenters. The molecule has 0 radical (unpaired) electrons. The molecule has 7 nitrogen and oxygen atoms in total. The molecule has 0 spiro atoms. The molecule has 1 aromatic carbocycles. The van der Waals surface area contributed by atoms with Gasteiger partial charge in [0.15, 0.2) is 4.80 Å². The first-order chi connectivity index (χ1) is 13.4. The number of methoxy groups -OCH3 is 1. The van der Waals surface area contributed by atoms with Gasteiger partial charge in [0.1, 0.15) is 0 Å². The van der Waals surface area contributed by atoms with Gasteiger partial charge in [0.2, 0.25) is 0 Å². The molecule has 0 aliphatic rings. The van der Waals surface area contributed by atoms with Crippen LogP contribution >= 0.6 is 45.9 Å². The maximum Gasteiger partial charge on any atom is 0.324 e. The van der Waals surface area contributed by atoms with E-state index in [-0.39, 0.29) is 5.00 Å². The monoisotopic (exact) mass is 457 g/mol. The summed E-state index contributed by atoms with van der Waals surface area (Å²) >= 11 is 14.7. The summed E-state index contributed by atoms with van der Waals surface area (Å²) in [5, 5.41) is 11.7. The predicted molar refractivity (Wildman–Crippen MR) is 112 cm³/mol. The van der Waals surface area contributed by atoms with E-state index in [4.69, 9.17) is 27.9 Å². The Balaban J connectivity index is 1.97. The molecule has 11 heteroatoms. The third-order valence-corrected chi connectivity index (χ3v) is 6.14. The molecule has 1 amide bonds. The van der Waals surface area contributed by atoms with Crippen LogP contribution in [-0.4, -0.2) is 29.1 Å². The van der Waals surface area contributed by atoms with Gasteiger partial charge in [-0.05, 0) is 24.3 Å². The maximum absolute atomic E-state index is 12.3. The van der Waals surface area contributed by atoms with Crippen LogP contribution in [-0.2, 0) is 16.1 Å². The second kappa shape index (κ2) is 8.97. The lowest BCUT2D eigenvalue weighted by Crippen LogP contribution is -2.19. The van der Waals surface area contributed by atoms with Crippen molar-refractivity contribution in [3.63, 3.8) is 0 Å². The van der Waals surface area contributed by atoms with Crippen LogP contribution in [0.5, 0.6) is 0 Å². The van der Waals surface area contributed by atoms with Crippen LogP contribution in [0.2, 0.25) is 10.0 Å². The molecule has 0 saturated carbocycles. The molecule has 2 heterocycles. The molecular formula is C17H13Cl2N3O4S2. The molecule has 3 aromatic rings. The number of benzene rings is 1. The Morgan fingerprint density at radius 1 is 1.36 bits per heavy atom. The molecule has 146 valence electrons. The smallest absolute Gasteiger partial charge is 0.324 e. The summed E-state index contributed by atoms with van der Waals surface area (Å²) in [4.78, 5) is 27.8. The quantitative estimate of drug-likeness (QED) is 0.303. The number of carbonyl (C=O) groups excluding carboxylic acids is 1. The SMILES string of the molecule is COCCn1c(=NC(=O)/C=C/c2ccc([N+](=O)[O-])s2)sc2cc(Cl)cc(Cl)c21. The van der Waals surface area contributed by atoms with Crippen LogP contribution < -0.4 is 4.80 Å². The zero-order valence-corrected chi connectivity index (χ0v) is 17.6. The summed E-state index contributed by atoms with van der Waals surface area (Å²) in [6.07, 6.45) is 2.77. The van der Waals surface area contributed by atoms with Crippen molar-refractivity contribution in [3.8, 4) is 0 Å². The summed E-state index contributed by atoms with van der Waals surface area (Å²) in [5.41, 5.74) is 0.734. The molecule has 0 N–H and O–H groups in total. The molecule has 0 fully saturated rings. The number of fused-ring (bicyclic) bond motifs is 1. The first kappa shape index (κ1) is 20.7. The number of thiophene rings is 1. The van der Waals surface area contributed by atoms with Crippen molar-refractivity contribution in [1.82, 2.24) is 4.57 Å². The first-order valence-corrected chi connectivity index (χ1v) is 10.3. The normalized spacial score (nSPS) is 12.3. The van der Waals surface area contributed by atoms with Crippen LogP contribution in [0, 0.1) is 10.1 Å². The van der Waals surface area contributed by atoms with Gasteiger partial charge in [-0.25, -0.2) is 0 Å². The van der Waals surface area contributed by atoms with Crippen molar-refractivity contribution in [2.24, 2.45) is 4.99 Å². The Kier molecular flexibility index (Phi) is 6.63. The Morgan fingerprint density at radius 3 is 2.82 bits per heavy atom. The maximum atomic E-state index is 12.3. The van der Waals surface area contributed by atoms with Crippen molar-refractivity contribution in [3.05, 3.63) is 60.2 Å². The fraction of sp³-hybridized carbons (Fsp3) is 0.176. The van der Waals surface area contributed by atoms with Gasteiger partial charge >= 0.3 is 5.00 Å². The van der Waals surface area contributed by atoms with Crippen LogP contribution in [0.4, 0.5) is 5.00 Å². The minimum absolute atomic E-state index is 0.0115. The lowest BCUT2D eigenvalue weighted by atomic mass is 10.3. The number of thiazole rings is 1. The van der Waals surface area contributed by atoms with Gasteiger partial charge < -0.3 is 9.30 Å². The van der Waals surface area contributed by atoms with Crippen molar-refractivity contribution >= 4 is 73.1 Å². The van der Waals surface area contributed by atoms with Gasteiger partial charge in [0.05, 0.1) is 26.8 Å². The first-order valence-electron chi connectivity index (χ1n) is 7.87. The number of aromatic nitrogens is 1. The number of carbonyl (C=O) groups is 1. The summed E-state index contributed by atoms with van der Waals surface area (Å²) in [6, 6.07) is 6.37. The molecule has 0 saturated heterocycles. The van der Waals surface area contributed by atoms with E-state index in [2.05, 4.69) is 4.99 Å². The summed E-state index contributed by atoms with van der Waals surface area (Å²) in [6.45, 7) is 0.881. The highest BCUT2D eigenvalue weighted by Gasteiger charge is 2.12. The number of hydrogen-bond acceptors (Lipinski definition) is 6. The Labute approximate surface area is 177 Å². The largest absolute Gasteiger partial charge is 0.383 e. The van der Waals surface area contributed by atoms with Gasteiger partial charge in [-0.15, -0.1) is 0 Å². The number of nitrogens with zero attached hydrogens (tertiary/aromatic N) is 3. The molecular weight excluding hydrogens is 445 g/mol. The van der Waals surface area contributed by atoms with Crippen molar-refractivity contribution in [1.29, 1.82) is 0 Å². The highest BCUT2D eigenvalue weighted by molar-refractivity contribution is 7.16. The zero-order chi connectivity index (χ0) is 20.3. The summed E-state index contributed by atoms with van der Waals surface area (Å²) < 4.78 is 7.75. The van der Waals surface area contributed by atoms with Crippen molar-refractivity contribution in [2.45, 2.75) is 6.54 Å². The minimum Gasteiger partial charge on any atom is -0.383 e. The van der Waals surface area contributed by atoms with E-state index in [1.165, 1.54) is 29.6 Å². The molecule has 3 rings (SSSR count). The van der Waals surface area contributed by atoms with E-state index in [0.29, 0.717) is 32.9 Å². The van der Waals surface area contributed by atoms with E-state index < -0.39 is 10.8 Å². The molecule has 2 aromatic heterocycles. The number of halogens is 2. The Hall–Kier alpha value is -2.04. The fourth-order valence-corrected chi connectivity index (χ4v) is 4.99. The van der Waals surface area contributed by atoms with Gasteiger partial charge in [-0.3, -0.25) is 14.9 Å². The number of hydrogen-bond donors (Lipinski definition) is 0. The fourth-order valence-electron chi connectivity index (χ4n) is 2.42. The van der Waals surface area contributed by atoms with Crippen molar-refractivity contribution in [2.75, 3.05) is 13.7 Å². The number of nitro groups is 1. The highest BCUT2D eigenvalue weighted by atomic mass is 35.5. The summed E-state index contributed by atoms with van der Waals surface area (Å²) in [7, 11) is 1.58. The third kappa shape index (κ3) is 4.68. The van der Waals surface area contributed by atoms with Gasteiger partial charge in [-0.2, -0.15) is 4.99 Å². The van der Waals surface area contributed by atoms with E-state index in [9.17, 15) is 14.9 Å². The Morgan fingerprint density at radius 2 is 2.14 bits per heavy atom. The minimum atomic E-state index is -0.490. The standard InChI is InChI=1S/C17H13Cl2N3O4S2/c1-26-7-6-21-16-12(19)8-10(18)9-13(16)28-17(21)20-14(23)4-2-11-3-5-15(27-11)22(24)25/h2-5,8-9H,6-7H2,1H3/b4-2+,20-17?. The van der Waals surface area contributed by atoms with E-state index in [0.717, 1.165) is 21.6 Å². The van der Waals surface area contributed by atoms with Crippen LogP contribution in [0.3, 0.4) is 0 Å².